The van der Waals surface area contributed by atoms with Crippen molar-refractivity contribution >= 4 is 23.2 Å². The second kappa shape index (κ2) is 7.40. The van der Waals surface area contributed by atoms with Crippen LogP contribution in [0.3, 0.4) is 0 Å². The Hall–Kier alpha value is -2.86. The maximum absolute atomic E-state index is 13.9. The van der Waals surface area contributed by atoms with E-state index in [-0.39, 0.29) is 17.4 Å². The van der Waals surface area contributed by atoms with Gasteiger partial charge in [0.05, 0.1) is 5.69 Å². The average Bonchev–Trinajstić information content (AvgIpc) is 3.19. The quantitative estimate of drug-likeness (QED) is 0.681. The predicted molar refractivity (Wildman–Crippen MR) is 101 cm³/mol. The molecule has 5 nitrogen and oxygen atoms in total. The molecule has 0 spiro atoms. The predicted octanol–water partition coefficient (Wildman–Crippen LogP) is 4.10. The molecule has 27 heavy (non-hydrogen) atoms. The number of benzene rings is 2. The summed E-state index contributed by atoms with van der Waals surface area (Å²) in [6.07, 6.45) is 0. The minimum absolute atomic E-state index is 0.188. The van der Waals surface area contributed by atoms with Crippen molar-refractivity contribution in [1.82, 2.24) is 10.1 Å². The molecule has 7 heteroatoms. The van der Waals surface area contributed by atoms with Crippen molar-refractivity contribution in [1.29, 1.82) is 0 Å². The third kappa shape index (κ3) is 3.66. The number of nitrogens with zero attached hydrogens (tertiary/aromatic N) is 3. The average molecular weight is 386 g/mol. The lowest BCUT2D eigenvalue weighted by Gasteiger charge is -2.35. The van der Waals surface area contributed by atoms with Crippen molar-refractivity contribution in [2.75, 3.05) is 31.1 Å². The SMILES string of the molecule is O=C(c1cc(-c2ccc(Cl)cc2)on1)N1CCN(c2ccccc2F)CC1. The lowest BCUT2D eigenvalue weighted by molar-refractivity contribution is 0.0736. The molecule has 0 aliphatic carbocycles. The minimum atomic E-state index is -0.249. The maximum Gasteiger partial charge on any atom is 0.276 e. The summed E-state index contributed by atoms with van der Waals surface area (Å²) in [5.74, 6) is 0.0774. The van der Waals surface area contributed by atoms with Gasteiger partial charge in [0.15, 0.2) is 11.5 Å². The van der Waals surface area contributed by atoms with E-state index in [1.54, 1.807) is 35.2 Å². The molecule has 1 aliphatic rings. The van der Waals surface area contributed by atoms with E-state index in [0.717, 1.165) is 5.56 Å². The largest absolute Gasteiger partial charge is 0.366 e. The second-order valence-electron chi connectivity index (χ2n) is 6.31. The van der Waals surface area contributed by atoms with Crippen LogP contribution in [0.5, 0.6) is 0 Å². The summed E-state index contributed by atoms with van der Waals surface area (Å²) in [4.78, 5) is 16.4. The maximum atomic E-state index is 13.9. The van der Waals surface area contributed by atoms with Crippen molar-refractivity contribution in [3.05, 3.63) is 71.1 Å². The van der Waals surface area contributed by atoms with Gasteiger partial charge in [-0.3, -0.25) is 4.79 Å². The van der Waals surface area contributed by atoms with Crippen molar-refractivity contribution in [2.24, 2.45) is 0 Å². The molecular weight excluding hydrogens is 369 g/mol. The van der Waals surface area contributed by atoms with Crippen LogP contribution in [0.2, 0.25) is 5.02 Å². The van der Waals surface area contributed by atoms with Gasteiger partial charge in [0.1, 0.15) is 5.82 Å². The van der Waals surface area contributed by atoms with Crippen LogP contribution in [-0.4, -0.2) is 42.1 Å². The molecule has 138 valence electrons. The summed E-state index contributed by atoms with van der Waals surface area (Å²) in [6, 6.07) is 15.4. The molecule has 0 N–H and O–H groups in total. The number of anilines is 1. The molecule has 1 aromatic heterocycles. The van der Waals surface area contributed by atoms with Gasteiger partial charge in [-0.25, -0.2) is 4.39 Å². The summed E-state index contributed by atoms with van der Waals surface area (Å²) in [5.41, 5.74) is 1.63. The van der Waals surface area contributed by atoms with E-state index in [1.165, 1.54) is 6.07 Å². The zero-order chi connectivity index (χ0) is 18.8. The van der Waals surface area contributed by atoms with Crippen LogP contribution in [0.15, 0.2) is 59.1 Å². The molecule has 2 aromatic carbocycles. The fourth-order valence-electron chi connectivity index (χ4n) is 3.15. The van der Waals surface area contributed by atoms with Crippen LogP contribution in [0.4, 0.5) is 10.1 Å². The number of para-hydroxylation sites is 1. The Labute approximate surface area is 160 Å². The van der Waals surface area contributed by atoms with E-state index in [1.807, 2.05) is 23.1 Å². The molecule has 0 unspecified atom stereocenters. The molecule has 0 bridgehead atoms. The molecule has 3 aromatic rings. The Balaban J connectivity index is 1.43. The van der Waals surface area contributed by atoms with E-state index < -0.39 is 0 Å². The van der Waals surface area contributed by atoms with Gasteiger partial charge in [0, 0.05) is 42.8 Å². The van der Waals surface area contributed by atoms with Crippen LogP contribution in [-0.2, 0) is 0 Å². The van der Waals surface area contributed by atoms with Gasteiger partial charge in [0.2, 0.25) is 0 Å². The lowest BCUT2D eigenvalue weighted by Crippen LogP contribution is -2.49. The Morgan fingerprint density at radius 3 is 2.44 bits per heavy atom. The number of halogens is 2. The summed E-state index contributed by atoms with van der Waals surface area (Å²) in [5, 5.41) is 4.54. The Bertz CT molecular complexity index is 950. The van der Waals surface area contributed by atoms with E-state index in [4.69, 9.17) is 16.1 Å². The van der Waals surface area contributed by atoms with Gasteiger partial charge in [-0.1, -0.05) is 28.9 Å². The van der Waals surface area contributed by atoms with Crippen LogP contribution in [0.25, 0.3) is 11.3 Å². The number of rotatable bonds is 3. The standard InChI is InChI=1S/C20H17ClFN3O2/c21-15-7-5-14(6-8-15)19-13-17(23-27-19)20(26)25-11-9-24(10-12-25)18-4-2-1-3-16(18)22/h1-8,13H,9-12H2. The Kier molecular flexibility index (Phi) is 4.81. The topological polar surface area (TPSA) is 49.6 Å². The molecule has 1 fully saturated rings. The third-order valence-corrected chi connectivity index (χ3v) is 4.87. The summed E-state index contributed by atoms with van der Waals surface area (Å²) < 4.78 is 19.2. The number of hydrogen-bond donors (Lipinski definition) is 0. The van der Waals surface area contributed by atoms with Crippen molar-refractivity contribution in [3.8, 4) is 11.3 Å². The van der Waals surface area contributed by atoms with Crippen molar-refractivity contribution < 1.29 is 13.7 Å². The molecular formula is C20H17ClFN3O2. The number of aromatic nitrogens is 1. The number of carbonyl (C=O) groups is 1. The van der Waals surface area contributed by atoms with Crippen molar-refractivity contribution in [3.63, 3.8) is 0 Å². The summed E-state index contributed by atoms with van der Waals surface area (Å²) >= 11 is 5.89. The fourth-order valence-corrected chi connectivity index (χ4v) is 3.27. The van der Waals surface area contributed by atoms with E-state index >= 15 is 0 Å². The fraction of sp³-hybridized carbons (Fsp3) is 0.200. The molecule has 4 rings (SSSR count). The zero-order valence-corrected chi connectivity index (χ0v) is 15.2. The van der Waals surface area contributed by atoms with Gasteiger partial charge in [-0.2, -0.15) is 0 Å². The second-order valence-corrected chi connectivity index (χ2v) is 6.75. The third-order valence-electron chi connectivity index (χ3n) is 4.62. The minimum Gasteiger partial charge on any atom is -0.366 e. The Morgan fingerprint density at radius 2 is 1.74 bits per heavy atom. The van der Waals surface area contributed by atoms with E-state index in [9.17, 15) is 9.18 Å². The van der Waals surface area contributed by atoms with E-state index in [0.29, 0.717) is 42.6 Å². The van der Waals surface area contributed by atoms with Crippen LogP contribution in [0, 0.1) is 5.82 Å². The molecule has 1 aliphatic heterocycles. The first kappa shape index (κ1) is 17.5. The zero-order valence-electron chi connectivity index (χ0n) is 14.4. The van der Waals surface area contributed by atoms with Gasteiger partial charge >= 0.3 is 0 Å². The van der Waals surface area contributed by atoms with Crippen LogP contribution < -0.4 is 4.90 Å². The smallest absolute Gasteiger partial charge is 0.276 e. The highest BCUT2D eigenvalue weighted by molar-refractivity contribution is 6.30. The molecule has 2 heterocycles. The number of carbonyl (C=O) groups excluding carboxylic acids is 1. The summed E-state index contributed by atoms with van der Waals surface area (Å²) in [7, 11) is 0. The first-order valence-electron chi connectivity index (χ1n) is 8.63. The van der Waals surface area contributed by atoms with Gasteiger partial charge in [0.25, 0.3) is 5.91 Å². The van der Waals surface area contributed by atoms with Crippen LogP contribution in [0.1, 0.15) is 10.5 Å². The first-order valence-corrected chi connectivity index (χ1v) is 9.01. The molecule has 0 radical (unpaired) electrons. The van der Waals surface area contributed by atoms with E-state index in [2.05, 4.69) is 5.16 Å². The molecule has 1 saturated heterocycles. The monoisotopic (exact) mass is 385 g/mol. The van der Waals surface area contributed by atoms with Gasteiger partial charge in [-0.15, -0.1) is 0 Å². The highest BCUT2D eigenvalue weighted by atomic mass is 35.5. The highest BCUT2D eigenvalue weighted by Gasteiger charge is 2.25. The lowest BCUT2D eigenvalue weighted by atomic mass is 10.1. The van der Waals surface area contributed by atoms with Gasteiger partial charge < -0.3 is 14.3 Å². The molecule has 0 saturated carbocycles. The first-order chi connectivity index (χ1) is 13.1. The Morgan fingerprint density at radius 1 is 1.04 bits per heavy atom. The summed E-state index contributed by atoms with van der Waals surface area (Å²) in [6.45, 7) is 2.12. The van der Waals surface area contributed by atoms with Gasteiger partial charge in [-0.05, 0) is 36.4 Å². The molecule has 1 amide bonds. The normalized spacial score (nSPS) is 14.4. The number of piperazine rings is 1. The number of amides is 1. The van der Waals surface area contributed by atoms with Crippen LogP contribution >= 0.6 is 11.6 Å². The highest BCUT2D eigenvalue weighted by Crippen LogP contribution is 2.24. The molecule has 0 atom stereocenters. The van der Waals surface area contributed by atoms with Crippen molar-refractivity contribution in [2.45, 2.75) is 0 Å². The number of hydrogen-bond acceptors (Lipinski definition) is 4.